The zero-order valence-corrected chi connectivity index (χ0v) is 25.1. The van der Waals surface area contributed by atoms with Gasteiger partial charge in [0.1, 0.15) is 35.5 Å². The fourth-order valence-corrected chi connectivity index (χ4v) is 6.29. The number of nitrogen functional groups attached to an aromatic ring is 1. The van der Waals surface area contributed by atoms with Gasteiger partial charge in [-0.2, -0.15) is 5.09 Å². The Morgan fingerprint density at radius 3 is 2.30 bits per heavy atom. The Morgan fingerprint density at radius 1 is 0.953 bits per heavy atom. The van der Waals surface area contributed by atoms with Crippen molar-refractivity contribution in [3.63, 3.8) is 0 Å². The minimum Gasteiger partial charge on any atom is -0.425 e. The highest BCUT2D eigenvalue weighted by atomic mass is 31.2. The van der Waals surface area contributed by atoms with Gasteiger partial charge in [0.2, 0.25) is 0 Å². The van der Waals surface area contributed by atoms with E-state index in [1.807, 2.05) is 47.9 Å². The topological polar surface area (TPSA) is 140 Å². The van der Waals surface area contributed by atoms with Gasteiger partial charge in [0, 0.05) is 12.0 Å². The Balaban J connectivity index is 1.44. The first kappa shape index (κ1) is 30.2. The van der Waals surface area contributed by atoms with E-state index in [4.69, 9.17) is 29.2 Å². The molecule has 0 spiro atoms. The van der Waals surface area contributed by atoms with Crippen molar-refractivity contribution < 1.29 is 27.9 Å². The second-order valence-electron chi connectivity index (χ2n) is 9.89. The lowest BCUT2D eigenvalue weighted by Crippen LogP contribution is -2.37. The first-order valence-electron chi connectivity index (χ1n) is 13.9. The van der Waals surface area contributed by atoms with E-state index in [2.05, 4.69) is 10.1 Å². The Labute approximate surface area is 249 Å². The predicted octanol–water partition coefficient (Wildman–Crippen LogP) is 5.88. The molecule has 3 atom stereocenters. The van der Waals surface area contributed by atoms with Crippen LogP contribution in [0, 0.1) is 0 Å². The average Bonchev–Trinajstić information content (AvgIpc) is 3.35. The van der Waals surface area contributed by atoms with Crippen LogP contribution in [-0.4, -0.2) is 39.3 Å². The molecular formula is C31H34N5O6P. The van der Waals surface area contributed by atoms with Crippen molar-refractivity contribution in [2.24, 2.45) is 0 Å². The molecular weight excluding hydrogens is 569 g/mol. The summed E-state index contributed by atoms with van der Waals surface area (Å²) in [5.74, 6) is 0.939. The SMILES string of the molecule is CCOCc1nc2c(N)nc3ccccc3c2n1C[C@H](C)O[P@@](=O)(N[C@@H](C)C(=O)Oc1ccccc1)Oc1ccccc1. The third-order valence-corrected chi connectivity index (χ3v) is 8.31. The highest BCUT2D eigenvalue weighted by Crippen LogP contribution is 2.46. The predicted molar refractivity (Wildman–Crippen MR) is 165 cm³/mol. The number of aromatic nitrogens is 3. The number of hydrogen-bond donors (Lipinski definition) is 2. The molecule has 5 rings (SSSR count). The Kier molecular flexibility index (Phi) is 9.37. The van der Waals surface area contributed by atoms with Crippen molar-refractivity contribution in [1.29, 1.82) is 0 Å². The van der Waals surface area contributed by atoms with Gasteiger partial charge in [-0.3, -0.25) is 4.52 Å². The van der Waals surface area contributed by atoms with Crippen LogP contribution >= 0.6 is 7.75 Å². The van der Waals surface area contributed by atoms with E-state index >= 15 is 0 Å². The minimum atomic E-state index is -4.14. The summed E-state index contributed by atoms with van der Waals surface area (Å²) in [4.78, 5) is 22.1. The molecule has 0 radical (unpaired) electrons. The number of pyridine rings is 1. The molecule has 0 fully saturated rings. The molecule has 11 nitrogen and oxygen atoms in total. The molecule has 0 bridgehead atoms. The van der Waals surface area contributed by atoms with Gasteiger partial charge in [-0.05, 0) is 51.1 Å². The summed E-state index contributed by atoms with van der Waals surface area (Å²) >= 11 is 0. The number of fused-ring (bicyclic) bond motifs is 3. The Hall–Kier alpha value is -4.28. The molecule has 0 unspecified atom stereocenters. The summed E-state index contributed by atoms with van der Waals surface area (Å²) in [6.07, 6.45) is -0.690. The molecule has 0 aliphatic rings. The molecule has 0 saturated carbocycles. The standard InChI is InChI=1S/C31H34N5O6P/c1-4-39-20-27-34-28-29(25-17-11-12-18-26(25)33-30(28)32)36(27)19-21(2)41-43(38,42-24-15-9-6-10-16-24)35-22(3)31(37)40-23-13-7-5-8-14-23/h5-18,21-22H,4,19-20H2,1-3H3,(H2,32,33)(H,35,38)/t21-,22-,43-/m0/s1. The molecule has 2 heterocycles. The zero-order valence-electron chi connectivity index (χ0n) is 24.2. The monoisotopic (exact) mass is 603 g/mol. The van der Waals surface area contributed by atoms with Crippen LogP contribution in [0.2, 0.25) is 0 Å². The van der Waals surface area contributed by atoms with E-state index in [-0.39, 0.29) is 13.2 Å². The van der Waals surface area contributed by atoms with Gasteiger partial charge in [-0.15, -0.1) is 0 Å². The molecule has 2 aromatic heterocycles. The summed E-state index contributed by atoms with van der Waals surface area (Å²) in [7, 11) is -4.14. The fraction of sp³-hybridized carbons (Fsp3) is 0.258. The summed E-state index contributed by atoms with van der Waals surface area (Å²) < 4.78 is 39.3. The normalized spacial score (nSPS) is 14.3. The van der Waals surface area contributed by atoms with Crippen LogP contribution in [0.1, 0.15) is 26.6 Å². The first-order chi connectivity index (χ1) is 20.8. The number of rotatable bonds is 13. The molecule has 12 heteroatoms. The number of esters is 1. The lowest BCUT2D eigenvalue weighted by Gasteiger charge is -2.26. The summed E-state index contributed by atoms with van der Waals surface area (Å²) in [6.45, 7) is 6.13. The van der Waals surface area contributed by atoms with Crippen molar-refractivity contribution >= 4 is 41.5 Å². The number of hydrogen-bond acceptors (Lipinski definition) is 9. The molecule has 0 aliphatic carbocycles. The number of nitrogens with one attached hydrogen (secondary N) is 1. The van der Waals surface area contributed by atoms with Gasteiger partial charge >= 0.3 is 13.7 Å². The van der Waals surface area contributed by atoms with Crippen LogP contribution in [0.5, 0.6) is 11.5 Å². The first-order valence-corrected chi connectivity index (χ1v) is 15.5. The number of imidazole rings is 1. The number of benzene rings is 3. The second-order valence-corrected chi connectivity index (χ2v) is 11.5. The lowest BCUT2D eigenvalue weighted by molar-refractivity contribution is -0.136. The highest BCUT2D eigenvalue weighted by Gasteiger charge is 2.35. The van der Waals surface area contributed by atoms with Crippen LogP contribution in [0.15, 0.2) is 84.9 Å². The molecule has 3 aromatic carbocycles. The van der Waals surface area contributed by atoms with E-state index in [9.17, 15) is 9.36 Å². The van der Waals surface area contributed by atoms with Gasteiger partial charge in [-0.1, -0.05) is 54.6 Å². The number of anilines is 1. The Morgan fingerprint density at radius 2 is 1.60 bits per heavy atom. The van der Waals surface area contributed by atoms with Crippen LogP contribution in [0.25, 0.3) is 21.9 Å². The summed E-state index contributed by atoms with van der Waals surface area (Å²) in [6, 6.07) is 23.8. The molecule has 0 amide bonds. The average molecular weight is 604 g/mol. The van der Waals surface area contributed by atoms with Gasteiger partial charge in [0.25, 0.3) is 0 Å². The highest BCUT2D eigenvalue weighted by molar-refractivity contribution is 7.52. The van der Waals surface area contributed by atoms with Crippen LogP contribution in [-0.2, 0) is 31.8 Å². The van der Waals surface area contributed by atoms with E-state index < -0.39 is 25.9 Å². The van der Waals surface area contributed by atoms with E-state index in [1.54, 1.807) is 55.5 Å². The maximum absolute atomic E-state index is 14.2. The molecule has 0 aliphatic heterocycles. The minimum absolute atomic E-state index is 0.221. The van der Waals surface area contributed by atoms with Gasteiger partial charge in [-0.25, -0.2) is 19.3 Å². The molecule has 5 aromatic rings. The van der Waals surface area contributed by atoms with Crippen molar-refractivity contribution in [2.45, 2.75) is 46.1 Å². The third kappa shape index (κ3) is 7.21. The third-order valence-electron chi connectivity index (χ3n) is 6.52. The number of carbonyl (C=O) groups excluding carboxylic acids is 1. The largest absolute Gasteiger partial charge is 0.459 e. The zero-order chi connectivity index (χ0) is 30.4. The van der Waals surface area contributed by atoms with E-state index in [1.165, 1.54) is 6.92 Å². The molecule has 224 valence electrons. The lowest BCUT2D eigenvalue weighted by atomic mass is 10.2. The van der Waals surface area contributed by atoms with Gasteiger partial charge in [0.05, 0.1) is 23.7 Å². The van der Waals surface area contributed by atoms with Crippen LogP contribution in [0.3, 0.4) is 0 Å². The second kappa shape index (κ2) is 13.4. The molecule has 43 heavy (non-hydrogen) atoms. The number of carbonyl (C=O) groups is 1. The number of nitrogens with two attached hydrogens (primary N) is 1. The maximum Gasteiger partial charge on any atom is 0.459 e. The van der Waals surface area contributed by atoms with Gasteiger partial charge < -0.3 is 24.3 Å². The quantitative estimate of drug-likeness (QED) is 0.0953. The number of ether oxygens (including phenoxy) is 2. The molecule has 0 saturated heterocycles. The van der Waals surface area contributed by atoms with E-state index in [0.717, 1.165) is 16.4 Å². The number of para-hydroxylation sites is 3. The van der Waals surface area contributed by atoms with Crippen molar-refractivity contribution in [1.82, 2.24) is 19.6 Å². The van der Waals surface area contributed by atoms with Crippen LogP contribution in [0.4, 0.5) is 5.82 Å². The Bertz CT molecular complexity index is 1750. The van der Waals surface area contributed by atoms with Gasteiger partial charge in [0.15, 0.2) is 5.82 Å². The smallest absolute Gasteiger partial charge is 0.425 e. The van der Waals surface area contributed by atoms with Crippen molar-refractivity contribution in [3.8, 4) is 11.5 Å². The summed E-state index contributed by atoms with van der Waals surface area (Å²) in [5.41, 5.74) is 8.34. The van der Waals surface area contributed by atoms with Crippen molar-refractivity contribution in [3.05, 3.63) is 90.8 Å². The fourth-order valence-electron chi connectivity index (χ4n) is 4.61. The van der Waals surface area contributed by atoms with Crippen molar-refractivity contribution in [2.75, 3.05) is 12.3 Å². The van der Waals surface area contributed by atoms with Crippen LogP contribution < -0.4 is 20.1 Å². The maximum atomic E-state index is 14.2. The molecule has 3 N–H and O–H groups in total. The summed E-state index contributed by atoms with van der Waals surface area (Å²) in [5, 5.41) is 3.61. The van der Waals surface area contributed by atoms with E-state index in [0.29, 0.717) is 35.3 Å². The number of nitrogens with zero attached hydrogens (tertiary/aromatic N) is 3.